The van der Waals surface area contributed by atoms with Gasteiger partial charge in [0.05, 0.1) is 17.6 Å². The fraction of sp³-hybridized carbons (Fsp3) is 0.167. The maximum atomic E-state index is 11.8. The van der Waals surface area contributed by atoms with Gasteiger partial charge in [0, 0.05) is 11.1 Å². The van der Waals surface area contributed by atoms with E-state index >= 15 is 0 Å². The number of thiazole rings is 1. The van der Waals surface area contributed by atoms with E-state index in [2.05, 4.69) is 10.3 Å². The molecule has 88 valence electrons. The Morgan fingerprint density at radius 1 is 1.53 bits per heavy atom. The number of carbonyl (C=O) groups is 1. The van der Waals surface area contributed by atoms with Crippen molar-refractivity contribution in [1.82, 2.24) is 10.3 Å². The Morgan fingerprint density at radius 2 is 2.35 bits per heavy atom. The summed E-state index contributed by atoms with van der Waals surface area (Å²) in [5.74, 6) is -0.242. The molecule has 4 nitrogen and oxygen atoms in total. The number of aromatic hydroxyl groups is 1. The first-order chi connectivity index (χ1) is 8.18. The molecule has 0 aliphatic rings. The second-order valence-corrected chi connectivity index (χ2v) is 4.59. The Hall–Kier alpha value is -1.88. The van der Waals surface area contributed by atoms with Gasteiger partial charge in [0.2, 0.25) is 0 Å². The normalized spacial score (nSPS) is 10.2. The zero-order chi connectivity index (χ0) is 12.3. The van der Waals surface area contributed by atoms with Gasteiger partial charge in [-0.25, -0.2) is 0 Å². The molecule has 5 heteroatoms. The van der Waals surface area contributed by atoms with E-state index in [9.17, 15) is 9.90 Å². The molecule has 0 radical (unpaired) electrons. The third-order valence-corrected chi connectivity index (χ3v) is 3.17. The van der Waals surface area contributed by atoms with Crippen LogP contribution in [-0.2, 0) is 6.54 Å². The van der Waals surface area contributed by atoms with Crippen LogP contribution >= 0.6 is 11.3 Å². The van der Waals surface area contributed by atoms with Crippen LogP contribution in [0.3, 0.4) is 0 Å². The highest BCUT2D eigenvalue weighted by molar-refractivity contribution is 7.09. The number of nitrogens with one attached hydrogen (secondary N) is 1. The lowest BCUT2D eigenvalue weighted by atomic mass is 10.1. The largest absolute Gasteiger partial charge is 0.507 e. The molecule has 2 aromatic rings. The van der Waals surface area contributed by atoms with Crippen LogP contribution in [0.5, 0.6) is 5.75 Å². The zero-order valence-corrected chi connectivity index (χ0v) is 10.1. The second-order valence-electron chi connectivity index (χ2n) is 3.62. The summed E-state index contributed by atoms with van der Waals surface area (Å²) >= 11 is 1.48. The van der Waals surface area contributed by atoms with Crippen molar-refractivity contribution in [2.45, 2.75) is 13.5 Å². The smallest absolute Gasteiger partial charge is 0.255 e. The number of phenols is 1. The molecule has 1 amide bonds. The highest BCUT2D eigenvalue weighted by Gasteiger charge is 2.11. The van der Waals surface area contributed by atoms with E-state index in [0.29, 0.717) is 17.7 Å². The number of hydrogen-bond acceptors (Lipinski definition) is 4. The van der Waals surface area contributed by atoms with Crippen LogP contribution in [0.15, 0.2) is 29.9 Å². The summed E-state index contributed by atoms with van der Waals surface area (Å²) in [6.45, 7) is 2.19. The minimum atomic E-state index is -0.278. The average molecular weight is 248 g/mol. The number of nitrogens with zero attached hydrogens (tertiary/aromatic N) is 1. The molecule has 1 heterocycles. The number of hydrogen-bond donors (Lipinski definition) is 2. The fourth-order valence-corrected chi connectivity index (χ4v) is 1.97. The fourth-order valence-electron chi connectivity index (χ4n) is 1.43. The average Bonchev–Trinajstić information content (AvgIpc) is 2.82. The van der Waals surface area contributed by atoms with E-state index in [-0.39, 0.29) is 11.7 Å². The summed E-state index contributed by atoms with van der Waals surface area (Å²) in [6.07, 6.45) is 1.71. The van der Waals surface area contributed by atoms with Crippen LogP contribution in [-0.4, -0.2) is 16.0 Å². The molecule has 1 aromatic carbocycles. The summed E-state index contributed by atoms with van der Waals surface area (Å²) in [6, 6.07) is 5.11. The summed E-state index contributed by atoms with van der Waals surface area (Å²) in [5, 5.41) is 12.5. The van der Waals surface area contributed by atoms with E-state index in [0.717, 1.165) is 4.88 Å². The monoisotopic (exact) mass is 248 g/mol. The highest BCUT2D eigenvalue weighted by Crippen LogP contribution is 2.21. The Bertz CT molecular complexity index is 523. The van der Waals surface area contributed by atoms with Crippen LogP contribution in [0.1, 0.15) is 20.8 Å². The lowest BCUT2D eigenvalue weighted by Gasteiger charge is -2.07. The summed E-state index contributed by atoms with van der Waals surface area (Å²) in [4.78, 5) is 16.7. The Balaban J connectivity index is 2.07. The van der Waals surface area contributed by atoms with Crippen molar-refractivity contribution >= 4 is 17.2 Å². The van der Waals surface area contributed by atoms with E-state index in [1.165, 1.54) is 11.3 Å². The quantitative estimate of drug-likeness (QED) is 0.874. The number of phenolic OH excluding ortho intramolecular Hbond substituents is 1. The van der Waals surface area contributed by atoms with Crippen LogP contribution in [0.4, 0.5) is 0 Å². The van der Waals surface area contributed by atoms with E-state index < -0.39 is 0 Å². The SMILES string of the molecule is Cc1cccc(C(=O)NCc2cncs2)c1O. The van der Waals surface area contributed by atoms with E-state index in [1.54, 1.807) is 36.8 Å². The number of benzene rings is 1. The number of para-hydroxylation sites is 1. The number of aryl methyl sites for hydroxylation is 1. The van der Waals surface area contributed by atoms with Gasteiger partial charge in [0.25, 0.3) is 5.91 Å². The van der Waals surface area contributed by atoms with E-state index in [1.807, 2.05) is 0 Å². The zero-order valence-electron chi connectivity index (χ0n) is 9.30. The van der Waals surface area contributed by atoms with Crippen LogP contribution in [0.2, 0.25) is 0 Å². The first-order valence-electron chi connectivity index (χ1n) is 5.12. The molecule has 0 saturated heterocycles. The molecule has 0 saturated carbocycles. The van der Waals surface area contributed by atoms with Crippen LogP contribution in [0.25, 0.3) is 0 Å². The van der Waals surface area contributed by atoms with Crippen molar-refractivity contribution in [3.63, 3.8) is 0 Å². The van der Waals surface area contributed by atoms with Crippen molar-refractivity contribution in [3.05, 3.63) is 45.9 Å². The number of carbonyl (C=O) groups excluding carboxylic acids is 1. The molecular weight excluding hydrogens is 236 g/mol. The van der Waals surface area contributed by atoms with Gasteiger partial charge in [0.1, 0.15) is 5.75 Å². The minimum absolute atomic E-state index is 0.0364. The van der Waals surface area contributed by atoms with Gasteiger partial charge in [-0.1, -0.05) is 12.1 Å². The van der Waals surface area contributed by atoms with Crippen molar-refractivity contribution in [1.29, 1.82) is 0 Å². The van der Waals surface area contributed by atoms with Crippen LogP contribution < -0.4 is 5.32 Å². The first-order valence-corrected chi connectivity index (χ1v) is 6.00. The summed E-state index contributed by atoms with van der Waals surface area (Å²) in [5.41, 5.74) is 2.70. The third-order valence-electron chi connectivity index (χ3n) is 2.39. The van der Waals surface area contributed by atoms with Gasteiger partial charge < -0.3 is 10.4 Å². The summed E-state index contributed by atoms with van der Waals surface area (Å²) in [7, 11) is 0. The molecule has 0 aliphatic carbocycles. The predicted octanol–water partition coefficient (Wildman–Crippen LogP) is 2.09. The Labute approximate surface area is 103 Å². The lowest BCUT2D eigenvalue weighted by Crippen LogP contribution is -2.22. The van der Waals surface area contributed by atoms with Crippen molar-refractivity contribution in [2.24, 2.45) is 0 Å². The van der Waals surface area contributed by atoms with Crippen molar-refractivity contribution in [2.75, 3.05) is 0 Å². The number of amides is 1. The third kappa shape index (κ3) is 2.62. The molecule has 0 bridgehead atoms. The first kappa shape index (κ1) is 11.6. The standard InChI is InChI=1S/C12H12N2O2S/c1-8-3-2-4-10(11(8)15)12(16)14-6-9-5-13-7-17-9/h2-5,7,15H,6H2,1H3,(H,14,16). The van der Waals surface area contributed by atoms with Gasteiger partial charge in [0.15, 0.2) is 0 Å². The van der Waals surface area contributed by atoms with Gasteiger partial charge in [-0.3, -0.25) is 9.78 Å². The number of aromatic nitrogens is 1. The summed E-state index contributed by atoms with van der Waals surface area (Å²) < 4.78 is 0. The molecule has 2 N–H and O–H groups in total. The van der Waals surface area contributed by atoms with Crippen molar-refractivity contribution in [3.8, 4) is 5.75 Å². The minimum Gasteiger partial charge on any atom is -0.507 e. The van der Waals surface area contributed by atoms with E-state index in [4.69, 9.17) is 0 Å². The van der Waals surface area contributed by atoms with Crippen LogP contribution in [0, 0.1) is 6.92 Å². The van der Waals surface area contributed by atoms with Gasteiger partial charge in [-0.2, -0.15) is 0 Å². The maximum absolute atomic E-state index is 11.8. The molecule has 0 unspecified atom stereocenters. The molecule has 0 spiro atoms. The van der Waals surface area contributed by atoms with Gasteiger partial charge >= 0.3 is 0 Å². The Morgan fingerprint density at radius 3 is 3.06 bits per heavy atom. The molecule has 2 rings (SSSR count). The number of rotatable bonds is 3. The van der Waals surface area contributed by atoms with Crippen molar-refractivity contribution < 1.29 is 9.90 Å². The molecule has 0 aliphatic heterocycles. The maximum Gasteiger partial charge on any atom is 0.255 e. The molecule has 0 atom stereocenters. The highest BCUT2D eigenvalue weighted by atomic mass is 32.1. The molecule has 17 heavy (non-hydrogen) atoms. The predicted molar refractivity (Wildman–Crippen MR) is 66.1 cm³/mol. The topological polar surface area (TPSA) is 62.2 Å². The molecular formula is C12H12N2O2S. The molecule has 0 fully saturated rings. The molecule has 1 aromatic heterocycles. The lowest BCUT2D eigenvalue weighted by molar-refractivity contribution is 0.0948. The second kappa shape index (κ2) is 4.97. The van der Waals surface area contributed by atoms with Gasteiger partial charge in [-0.15, -0.1) is 11.3 Å². The van der Waals surface area contributed by atoms with Gasteiger partial charge in [-0.05, 0) is 18.6 Å². The Kier molecular flexibility index (Phi) is 3.39.